The minimum absolute atomic E-state index is 0. The SMILES string of the molecule is CCNC(=NCc1nc(C)c(C)o1)NCCNc1nccc(C(F)(F)F)n1.I. The number of aryl methyl sites for hydroxylation is 2. The van der Waals surface area contributed by atoms with Crippen molar-refractivity contribution in [2.24, 2.45) is 4.99 Å². The van der Waals surface area contributed by atoms with Crippen molar-refractivity contribution in [3.8, 4) is 0 Å². The van der Waals surface area contributed by atoms with Crippen molar-refractivity contribution in [2.75, 3.05) is 25.0 Å². The predicted molar refractivity (Wildman–Crippen MR) is 110 cm³/mol. The van der Waals surface area contributed by atoms with Crippen LogP contribution >= 0.6 is 24.0 Å². The van der Waals surface area contributed by atoms with E-state index in [0.29, 0.717) is 31.5 Å². The Hall–Kier alpha value is -2.12. The minimum Gasteiger partial charge on any atom is -0.444 e. The summed E-state index contributed by atoms with van der Waals surface area (Å²) in [6.07, 6.45) is -3.43. The van der Waals surface area contributed by atoms with Crippen LogP contribution in [-0.4, -0.2) is 40.5 Å². The van der Waals surface area contributed by atoms with Gasteiger partial charge in [-0.2, -0.15) is 13.2 Å². The van der Waals surface area contributed by atoms with Crippen molar-refractivity contribution in [1.82, 2.24) is 25.6 Å². The second-order valence-electron chi connectivity index (χ2n) is 5.56. The third-order valence-corrected chi connectivity index (χ3v) is 3.44. The number of hydrogen-bond donors (Lipinski definition) is 3. The summed E-state index contributed by atoms with van der Waals surface area (Å²) in [5, 5.41) is 8.86. The Bertz CT molecular complexity index is 760. The first-order valence-corrected chi connectivity index (χ1v) is 8.38. The summed E-state index contributed by atoms with van der Waals surface area (Å²) in [7, 11) is 0. The number of oxazole rings is 1. The van der Waals surface area contributed by atoms with Gasteiger partial charge in [0.1, 0.15) is 18.0 Å². The van der Waals surface area contributed by atoms with Crippen LogP contribution < -0.4 is 16.0 Å². The normalized spacial score (nSPS) is 11.7. The molecular formula is C16H23F3IN7O. The zero-order valence-corrected chi connectivity index (χ0v) is 18.1. The van der Waals surface area contributed by atoms with Crippen molar-refractivity contribution in [3.05, 3.63) is 35.3 Å². The van der Waals surface area contributed by atoms with Crippen LogP contribution in [0.4, 0.5) is 19.1 Å². The summed E-state index contributed by atoms with van der Waals surface area (Å²) in [6.45, 7) is 7.24. The van der Waals surface area contributed by atoms with Crippen LogP contribution in [0, 0.1) is 13.8 Å². The fourth-order valence-corrected chi connectivity index (χ4v) is 2.05. The van der Waals surface area contributed by atoms with E-state index in [9.17, 15) is 13.2 Å². The highest BCUT2D eigenvalue weighted by Gasteiger charge is 2.32. The van der Waals surface area contributed by atoms with Crippen LogP contribution in [-0.2, 0) is 12.7 Å². The second kappa shape index (κ2) is 11.0. The van der Waals surface area contributed by atoms with E-state index in [4.69, 9.17) is 4.42 Å². The lowest BCUT2D eigenvalue weighted by molar-refractivity contribution is -0.141. The van der Waals surface area contributed by atoms with Gasteiger partial charge in [-0.1, -0.05) is 0 Å². The molecular weight excluding hydrogens is 490 g/mol. The van der Waals surface area contributed by atoms with Crippen LogP contribution in [0.5, 0.6) is 0 Å². The molecule has 3 N–H and O–H groups in total. The van der Waals surface area contributed by atoms with Gasteiger partial charge in [0, 0.05) is 25.8 Å². The van der Waals surface area contributed by atoms with Gasteiger partial charge in [0.05, 0.1) is 5.69 Å². The van der Waals surface area contributed by atoms with Gasteiger partial charge in [0.25, 0.3) is 0 Å². The molecule has 12 heteroatoms. The highest BCUT2D eigenvalue weighted by Crippen LogP contribution is 2.27. The van der Waals surface area contributed by atoms with Gasteiger partial charge >= 0.3 is 6.18 Å². The number of hydrogen-bond acceptors (Lipinski definition) is 6. The number of nitrogens with zero attached hydrogens (tertiary/aromatic N) is 4. The monoisotopic (exact) mass is 513 g/mol. The summed E-state index contributed by atoms with van der Waals surface area (Å²) >= 11 is 0. The highest BCUT2D eigenvalue weighted by atomic mass is 127. The Balaban J connectivity index is 0.00000392. The number of nitrogens with one attached hydrogen (secondary N) is 3. The minimum atomic E-state index is -4.50. The fourth-order valence-electron chi connectivity index (χ4n) is 2.05. The standard InChI is InChI=1S/C16H22F3N7O.HI/c1-4-20-14(24-9-13-25-10(2)11(3)27-13)22-7-8-23-15-21-6-5-12(26-15)16(17,18)19;/h5-6H,4,7-9H2,1-3H3,(H2,20,22,24)(H,21,23,26);1H. The fraction of sp³-hybridized carbons (Fsp3) is 0.500. The number of aromatic nitrogens is 3. The molecule has 0 fully saturated rings. The molecule has 0 aromatic carbocycles. The van der Waals surface area contributed by atoms with Crippen LogP contribution in [0.2, 0.25) is 0 Å². The molecule has 28 heavy (non-hydrogen) atoms. The van der Waals surface area contributed by atoms with E-state index in [2.05, 4.69) is 35.9 Å². The van der Waals surface area contributed by atoms with E-state index in [1.165, 1.54) is 0 Å². The smallest absolute Gasteiger partial charge is 0.433 e. The Morgan fingerprint density at radius 2 is 1.93 bits per heavy atom. The number of aliphatic imine (C=N–C) groups is 1. The zero-order chi connectivity index (χ0) is 19.9. The third kappa shape index (κ3) is 7.48. The number of rotatable bonds is 7. The molecule has 0 atom stereocenters. The maximum absolute atomic E-state index is 12.6. The number of halogens is 4. The Labute approximate surface area is 177 Å². The third-order valence-electron chi connectivity index (χ3n) is 3.44. The summed E-state index contributed by atoms with van der Waals surface area (Å²) in [6, 6.07) is 0.825. The number of guanidine groups is 1. The molecule has 0 saturated carbocycles. The first-order valence-electron chi connectivity index (χ1n) is 8.38. The van der Waals surface area contributed by atoms with Gasteiger partial charge in [-0.15, -0.1) is 24.0 Å². The van der Waals surface area contributed by atoms with Crippen molar-refractivity contribution in [1.29, 1.82) is 0 Å². The van der Waals surface area contributed by atoms with Crippen molar-refractivity contribution in [2.45, 2.75) is 33.5 Å². The van der Waals surface area contributed by atoms with Gasteiger partial charge < -0.3 is 20.4 Å². The average molecular weight is 513 g/mol. The maximum Gasteiger partial charge on any atom is 0.433 e. The summed E-state index contributed by atoms with van der Waals surface area (Å²) < 4.78 is 43.4. The molecule has 0 radical (unpaired) electrons. The lowest BCUT2D eigenvalue weighted by Gasteiger charge is -2.12. The van der Waals surface area contributed by atoms with E-state index in [1.54, 1.807) is 0 Å². The number of anilines is 1. The largest absolute Gasteiger partial charge is 0.444 e. The molecule has 0 bridgehead atoms. The van der Waals surface area contributed by atoms with Crippen molar-refractivity contribution >= 4 is 35.9 Å². The summed E-state index contributed by atoms with van der Waals surface area (Å²) in [5.74, 6) is 1.72. The molecule has 2 rings (SSSR count). The molecule has 0 amide bonds. The van der Waals surface area contributed by atoms with Gasteiger partial charge in [-0.3, -0.25) is 0 Å². The van der Waals surface area contributed by atoms with Crippen LogP contribution in [0.15, 0.2) is 21.7 Å². The molecule has 8 nitrogen and oxygen atoms in total. The van der Waals surface area contributed by atoms with E-state index in [0.717, 1.165) is 23.7 Å². The van der Waals surface area contributed by atoms with E-state index < -0.39 is 11.9 Å². The molecule has 0 aliphatic rings. The molecule has 2 heterocycles. The van der Waals surface area contributed by atoms with Gasteiger partial charge in [-0.25, -0.2) is 19.9 Å². The Morgan fingerprint density at radius 3 is 2.54 bits per heavy atom. The van der Waals surface area contributed by atoms with E-state index >= 15 is 0 Å². The van der Waals surface area contributed by atoms with Gasteiger partial charge in [-0.05, 0) is 26.8 Å². The van der Waals surface area contributed by atoms with E-state index in [1.807, 2.05) is 20.8 Å². The van der Waals surface area contributed by atoms with Crippen LogP contribution in [0.3, 0.4) is 0 Å². The first kappa shape index (κ1) is 23.9. The molecule has 2 aromatic rings. The van der Waals surface area contributed by atoms with Crippen LogP contribution in [0.25, 0.3) is 0 Å². The quantitative estimate of drug-likeness (QED) is 0.227. The lowest BCUT2D eigenvalue weighted by atomic mass is 10.4. The number of alkyl halides is 3. The Morgan fingerprint density at radius 1 is 1.18 bits per heavy atom. The lowest BCUT2D eigenvalue weighted by Crippen LogP contribution is -2.39. The summed E-state index contributed by atoms with van der Waals surface area (Å²) in [4.78, 5) is 15.8. The second-order valence-corrected chi connectivity index (χ2v) is 5.56. The molecule has 0 aliphatic heterocycles. The van der Waals surface area contributed by atoms with Crippen LogP contribution in [0.1, 0.15) is 30.0 Å². The van der Waals surface area contributed by atoms with Gasteiger partial charge in [0.2, 0.25) is 11.8 Å². The Kier molecular flexibility index (Phi) is 9.41. The molecule has 0 saturated heterocycles. The molecule has 2 aromatic heterocycles. The molecule has 156 valence electrons. The predicted octanol–water partition coefficient (Wildman–Crippen LogP) is 2.89. The topological polar surface area (TPSA) is 100 Å². The average Bonchev–Trinajstić information content (AvgIpc) is 2.94. The van der Waals surface area contributed by atoms with Crippen molar-refractivity contribution in [3.63, 3.8) is 0 Å². The molecule has 0 unspecified atom stereocenters. The van der Waals surface area contributed by atoms with E-state index in [-0.39, 0.29) is 36.5 Å². The molecule has 0 aliphatic carbocycles. The summed E-state index contributed by atoms with van der Waals surface area (Å²) in [5.41, 5.74) is -0.164. The first-order chi connectivity index (χ1) is 12.8. The highest BCUT2D eigenvalue weighted by molar-refractivity contribution is 14.0. The van der Waals surface area contributed by atoms with Gasteiger partial charge in [0.15, 0.2) is 5.96 Å². The molecule has 0 spiro atoms. The van der Waals surface area contributed by atoms with Crippen molar-refractivity contribution < 1.29 is 17.6 Å². The zero-order valence-electron chi connectivity index (χ0n) is 15.7. The maximum atomic E-state index is 12.6.